The molecule has 0 aromatic carbocycles. The van der Waals surface area contributed by atoms with Gasteiger partial charge < -0.3 is 37.4 Å². The Hall–Kier alpha value is -2.24. The van der Waals surface area contributed by atoms with Crippen molar-refractivity contribution in [3.63, 3.8) is 0 Å². The lowest BCUT2D eigenvalue weighted by molar-refractivity contribution is -0.158. The molecule has 1 aliphatic rings. The third kappa shape index (κ3) is 4.44. The van der Waals surface area contributed by atoms with E-state index in [1.807, 2.05) is 0 Å². The normalized spacial score (nSPS) is 27.8. The lowest BCUT2D eigenvalue weighted by Crippen LogP contribution is -2.76. The molecule has 1 aliphatic carbocycles. The zero-order valence-electron chi connectivity index (χ0n) is 13.5. The predicted molar refractivity (Wildman–Crippen MR) is 82.7 cm³/mol. The Kier molecular flexibility index (Phi) is 7.07. The van der Waals surface area contributed by atoms with Crippen LogP contribution in [0.25, 0.3) is 0 Å². The van der Waals surface area contributed by atoms with E-state index in [4.69, 9.17) is 16.6 Å². The van der Waals surface area contributed by atoms with E-state index in [0.717, 1.165) is 0 Å². The van der Waals surface area contributed by atoms with Crippen molar-refractivity contribution in [2.24, 2.45) is 16.9 Å². The fourth-order valence-corrected chi connectivity index (χ4v) is 3.97. The Morgan fingerprint density at radius 2 is 1.12 bits per heavy atom. The minimum Gasteiger partial charge on any atom is -0.481 e. The van der Waals surface area contributed by atoms with Crippen LogP contribution in [0.15, 0.2) is 0 Å². The molecule has 11 heteroatoms. The predicted octanol–water partition coefficient (Wildman–Crippen LogP) is -1.37. The van der Waals surface area contributed by atoms with E-state index in [-0.39, 0.29) is 24.7 Å². The maximum Gasteiger partial charge on any atom is 0.305 e. The highest BCUT2D eigenvalue weighted by atomic mass is 16.4. The lowest BCUT2D eigenvalue weighted by Gasteiger charge is -2.59. The minimum atomic E-state index is -2.00. The second-order valence-corrected chi connectivity index (χ2v) is 6.54. The molecule has 0 aromatic rings. The molecular weight excluding hydrogens is 340 g/mol. The first-order chi connectivity index (χ1) is 10.9. The van der Waals surface area contributed by atoms with Crippen molar-refractivity contribution in [2.75, 3.05) is 0 Å². The van der Waals surface area contributed by atoms with E-state index in [1.54, 1.807) is 0 Å². The summed E-state index contributed by atoms with van der Waals surface area (Å²) in [4.78, 5) is 45.1. The summed E-state index contributed by atoms with van der Waals surface area (Å²) in [6, 6.07) is 0. The molecule has 1 saturated carbocycles. The van der Waals surface area contributed by atoms with Crippen molar-refractivity contribution in [3.8, 4) is 0 Å². The monoisotopic (exact) mass is 364 g/mol. The van der Waals surface area contributed by atoms with Gasteiger partial charge in [0.15, 0.2) is 0 Å². The quantitative estimate of drug-likeness (QED) is 0.295. The van der Waals surface area contributed by atoms with Gasteiger partial charge in [-0.1, -0.05) is 6.42 Å². The van der Waals surface area contributed by atoms with Crippen LogP contribution in [0.2, 0.25) is 0 Å². The fourth-order valence-electron chi connectivity index (χ4n) is 3.97. The molecule has 11 nitrogen and oxygen atoms in total. The third-order valence-electron chi connectivity index (χ3n) is 4.99. The molecule has 0 radical (unpaired) electrons. The average Bonchev–Trinajstić information content (AvgIpc) is 2.33. The van der Waals surface area contributed by atoms with Crippen molar-refractivity contribution >= 4 is 23.9 Å². The largest absolute Gasteiger partial charge is 0.481 e. The van der Waals surface area contributed by atoms with Gasteiger partial charge in [-0.2, -0.15) is 0 Å². The smallest absolute Gasteiger partial charge is 0.305 e. The van der Waals surface area contributed by atoms with Crippen LogP contribution in [-0.2, 0) is 19.2 Å². The number of hydrogen-bond donors (Lipinski definition) is 6. The Morgan fingerprint density at radius 1 is 0.720 bits per heavy atom. The molecule has 2 unspecified atom stereocenters. The Bertz CT molecular complexity index is 549. The average molecular weight is 364 g/mol. The zero-order chi connectivity index (χ0) is 18.8. The van der Waals surface area contributed by atoms with E-state index < -0.39 is 66.1 Å². The molecule has 0 heterocycles. The van der Waals surface area contributed by atoms with Gasteiger partial charge in [0, 0.05) is 11.0 Å². The second kappa shape index (κ2) is 7.76. The van der Waals surface area contributed by atoms with Crippen LogP contribution in [0, 0.1) is 5.41 Å². The van der Waals surface area contributed by atoms with Crippen molar-refractivity contribution in [3.05, 3.63) is 0 Å². The first kappa shape index (κ1) is 22.8. The van der Waals surface area contributed by atoms with Crippen molar-refractivity contribution in [2.45, 2.75) is 56.0 Å². The number of carbonyl (C=O) groups is 4. The summed E-state index contributed by atoms with van der Waals surface area (Å²) in [5.41, 5.74) is 7.03. The highest BCUT2D eigenvalue weighted by Gasteiger charge is 2.63. The summed E-state index contributed by atoms with van der Waals surface area (Å²) in [5.74, 6) is -5.42. The molecule has 0 spiro atoms. The summed E-state index contributed by atoms with van der Waals surface area (Å²) >= 11 is 0. The van der Waals surface area contributed by atoms with Gasteiger partial charge >= 0.3 is 23.9 Å². The highest BCUT2D eigenvalue weighted by molar-refractivity contribution is 5.76. The van der Waals surface area contributed by atoms with Crippen molar-refractivity contribution in [1.29, 1.82) is 0 Å². The summed E-state index contributed by atoms with van der Waals surface area (Å²) < 4.78 is 0. The minimum absolute atomic E-state index is 0. The highest BCUT2D eigenvalue weighted by Crippen LogP contribution is 2.54. The van der Waals surface area contributed by atoms with E-state index in [0.29, 0.717) is 0 Å². The Balaban J connectivity index is 0.00000576. The maximum absolute atomic E-state index is 11.3. The zero-order valence-corrected chi connectivity index (χ0v) is 13.5. The molecule has 0 aliphatic heterocycles. The molecule has 1 rings (SSSR count). The van der Waals surface area contributed by atoms with Gasteiger partial charge in [-0.15, -0.1) is 0 Å². The van der Waals surface area contributed by atoms with Gasteiger partial charge in [0.25, 0.3) is 0 Å². The van der Waals surface area contributed by atoms with Crippen LogP contribution in [-0.4, -0.2) is 60.9 Å². The van der Waals surface area contributed by atoms with E-state index in [9.17, 15) is 34.5 Å². The number of hydrogen-bond acceptors (Lipinski definition) is 6. The van der Waals surface area contributed by atoms with Crippen LogP contribution in [0.4, 0.5) is 0 Å². The first-order valence-corrected chi connectivity index (χ1v) is 7.32. The molecule has 2 atom stereocenters. The van der Waals surface area contributed by atoms with Crippen molar-refractivity contribution in [1.82, 2.24) is 0 Å². The van der Waals surface area contributed by atoms with Crippen molar-refractivity contribution < 1.29 is 45.1 Å². The number of aliphatic carboxylic acids is 4. The molecule has 25 heavy (non-hydrogen) atoms. The molecule has 0 saturated heterocycles. The standard InChI is InChI=1S/C14H22N2O8.H2O/c15-13(6-10(21)22)3-1-2-12(4-8(17)18,5-9(19)20)14(13,16)7-11(23)24;/h1-7,15-16H2,(H,17,18)(H,19,20)(H,21,22)(H,23,24);1H2. The topological polar surface area (TPSA) is 233 Å². The van der Waals surface area contributed by atoms with Gasteiger partial charge in [-0.25, -0.2) is 0 Å². The number of nitrogens with two attached hydrogens (primary N) is 2. The third-order valence-corrected chi connectivity index (χ3v) is 4.99. The first-order valence-electron chi connectivity index (χ1n) is 7.32. The van der Waals surface area contributed by atoms with Gasteiger partial charge in [-0.05, 0) is 12.8 Å². The molecule has 144 valence electrons. The number of rotatable bonds is 8. The summed E-state index contributed by atoms with van der Waals surface area (Å²) in [5, 5.41) is 36.8. The van der Waals surface area contributed by atoms with Crippen LogP contribution in [0.1, 0.15) is 44.9 Å². The molecule has 1 fully saturated rings. The van der Waals surface area contributed by atoms with Gasteiger partial charge in [-0.3, -0.25) is 19.2 Å². The molecular formula is C14H24N2O9. The Morgan fingerprint density at radius 3 is 1.48 bits per heavy atom. The molecule has 0 bridgehead atoms. The van der Waals surface area contributed by atoms with Crippen LogP contribution in [0.5, 0.6) is 0 Å². The summed E-state index contributed by atoms with van der Waals surface area (Å²) in [6.45, 7) is 0. The second-order valence-electron chi connectivity index (χ2n) is 6.54. The molecule has 0 aromatic heterocycles. The lowest BCUT2D eigenvalue weighted by atomic mass is 9.49. The van der Waals surface area contributed by atoms with Gasteiger partial charge in [0.2, 0.25) is 0 Å². The SMILES string of the molecule is NC1(CC(=O)O)CCCC(CC(=O)O)(CC(=O)O)C1(N)CC(=O)O.O. The molecule has 0 amide bonds. The number of carboxylic acid groups (broad SMARTS) is 4. The van der Waals surface area contributed by atoms with Crippen LogP contribution in [0.3, 0.4) is 0 Å². The van der Waals surface area contributed by atoms with Crippen LogP contribution >= 0.6 is 0 Å². The van der Waals surface area contributed by atoms with E-state index in [2.05, 4.69) is 0 Å². The number of carboxylic acids is 4. The Labute approximate surface area is 142 Å². The maximum atomic E-state index is 11.3. The van der Waals surface area contributed by atoms with Gasteiger partial charge in [0.1, 0.15) is 0 Å². The molecule has 10 N–H and O–H groups in total. The van der Waals surface area contributed by atoms with E-state index >= 15 is 0 Å². The van der Waals surface area contributed by atoms with E-state index in [1.165, 1.54) is 0 Å². The summed E-state index contributed by atoms with van der Waals surface area (Å²) in [6.07, 6.45) is -2.57. The fraction of sp³-hybridized carbons (Fsp3) is 0.714. The van der Waals surface area contributed by atoms with Crippen LogP contribution < -0.4 is 11.5 Å². The van der Waals surface area contributed by atoms with Gasteiger partial charge in [0.05, 0.1) is 31.2 Å². The summed E-state index contributed by atoms with van der Waals surface area (Å²) in [7, 11) is 0.